The van der Waals surface area contributed by atoms with E-state index in [1.807, 2.05) is 0 Å². The van der Waals surface area contributed by atoms with Gasteiger partial charge in [-0.25, -0.2) is 0 Å². The molecule has 0 N–H and O–H groups in total. The highest BCUT2D eigenvalue weighted by molar-refractivity contribution is 7.64. The van der Waals surface area contributed by atoms with Gasteiger partial charge in [-0.05, 0) is 122 Å². The first kappa shape index (κ1) is 43.4. The second-order valence-electron chi connectivity index (χ2n) is 21.5. The second-order valence-corrected chi connectivity index (χ2v) is 28.1. The maximum atomic E-state index is 2.64. The number of fused-ring (bicyclic) bond motifs is 14. The van der Waals surface area contributed by atoms with Gasteiger partial charge in [0, 0.05) is 22.6 Å². The number of rotatable bonds is 5. The number of hydrogen-bond acceptors (Lipinski definition) is 0. The molecule has 0 radical (unpaired) electrons. The van der Waals surface area contributed by atoms with Gasteiger partial charge in [0.1, 0.15) is 0 Å². The van der Waals surface area contributed by atoms with Crippen molar-refractivity contribution in [2.45, 2.75) is 87.3 Å². The van der Waals surface area contributed by atoms with Crippen molar-refractivity contribution in [1.82, 2.24) is 0 Å². The van der Waals surface area contributed by atoms with Crippen molar-refractivity contribution in [2.24, 2.45) is 0 Å². The lowest BCUT2D eigenvalue weighted by molar-refractivity contribution is 0.697. The molecule has 0 nitrogen and oxygen atoms in total. The monoisotopic (exact) mass is 914 g/mol. The molecule has 68 heavy (non-hydrogen) atoms. The van der Waals surface area contributed by atoms with Gasteiger partial charge >= 0.3 is 0 Å². The van der Waals surface area contributed by atoms with E-state index < -0.39 is 15.8 Å². The normalized spacial score (nSPS) is 20.3. The van der Waals surface area contributed by atoms with E-state index in [9.17, 15) is 0 Å². The van der Waals surface area contributed by atoms with Gasteiger partial charge in [0.2, 0.25) is 0 Å². The van der Waals surface area contributed by atoms with Crippen LogP contribution in [-0.2, 0) is 12.8 Å². The lowest BCUT2D eigenvalue weighted by atomic mass is 9.82. The van der Waals surface area contributed by atoms with Crippen molar-refractivity contribution in [2.75, 3.05) is 0 Å². The average Bonchev–Trinajstić information content (AvgIpc) is 3.56. The quantitative estimate of drug-likeness (QED) is 0.151. The Balaban J connectivity index is 1.28. The molecule has 2 aliphatic rings. The minimum absolute atomic E-state index is 0.0215. The molecule has 2 heterocycles. The molecule has 0 aromatic heterocycles. The number of hydrogen-bond donors (Lipinski definition) is 0. The summed E-state index contributed by atoms with van der Waals surface area (Å²) in [5.41, 5.74) is 15.9. The summed E-state index contributed by atoms with van der Waals surface area (Å²) in [6.45, 7) is 15.7. The van der Waals surface area contributed by atoms with E-state index in [0.717, 1.165) is 12.8 Å². The molecule has 0 saturated heterocycles. The molecule has 334 valence electrons. The first-order valence-electron chi connectivity index (χ1n) is 24.8. The first-order valence-corrected chi connectivity index (χ1v) is 27.7. The summed E-state index contributed by atoms with van der Waals surface area (Å²) in [5, 5.41) is 10.7. The molecule has 10 aromatic rings. The molecule has 0 fully saturated rings. The van der Waals surface area contributed by atoms with Gasteiger partial charge in [0.15, 0.2) is 0 Å². The third kappa shape index (κ3) is 7.26. The van der Waals surface area contributed by atoms with E-state index in [0.29, 0.717) is 11.3 Å². The molecule has 0 bridgehead atoms. The SMILES string of the molecule is CC(C)(C)[P@@]1[C@H](Cc2ccccc2)c2ccc3ccccc3c2-c2c(ccc3ccccc23)[C@@H]1[C@H]1c2ccc3ccccc3c2-c2c(ccc3ccccc23)[C@@H](Cc2ccccc2)[P@]1C(C)(C)C. The van der Waals surface area contributed by atoms with Crippen molar-refractivity contribution in [3.8, 4) is 22.3 Å². The van der Waals surface area contributed by atoms with Crippen LogP contribution in [0, 0.1) is 0 Å². The Hall–Kier alpha value is -5.90. The minimum atomic E-state index is -0.823. The van der Waals surface area contributed by atoms with Gasteiger partial charge in [-0.2, -0.15) is 0 Å². The van der Waals surface area contributed by atoms with Crippen molar-refractivity contribution in [3.63, 3.8) is 0 Å². The van der Waals surface area contributed by atoms with Crippen molar-refractivity contribution < 1.29 is 0 Å². The molecule has 12 rings (SSSR count). The van der Waals surface area contributed by atoms with Gasteiger partial charge in [-0.3, -0.25) is 0 Å². The van der Waals surface area contributed by atoms with Crippen molar-refractivity contribution in [1.29, 1.82) is 0 Å². The van der Waals surface area contributed by atoms with Crippen LogP contribution in [-0.4, -0.2) is 10.3 Å². The van der Waals surface area contributed by atoms with Crippen LogP contribution in [0.1, 0.15) is 97.6 Å². The maximum Gasteiger partial charge on any atom is 0.0167 e. The fraction of sp³-hybridized carbons (Fsp3) is 0.212. The minimum Gasteiger partial charge on any atom is -0.0844 e. The molecule has 0 aliphatic carbocycles. The topological polar surface area (TPSA) is 0 Å². The number of benzene rings is 10. The first-order chi connectivity index (χ1) is 33.0. The Labute approximate surface area is 406 Å². The fourth-order valence-electron chi connectivity index (χ4n) is 12.8. The summed E-state index contributed by atoms with van der Waals surface area (Å²) >= 11 is 0. The van der Waals surface area contributed by atoms with Crippen LogP contribution in [0.3, 0.4) is 0 Å². The van der Waals surface area contributed by atoms with E-state index >= 15 is 0 Å². The highest BCUT2D eigenvalue weighted by Gasteiger charge is 2.53. The zero-order valence-corrected chi connectivity index (χ0v) is 42.0. The van der Waals surface area contributed by atoms with Crippen LogP contribution in [0.25, 0.3) is 65.3 Å². The van der Waals surface area contributed by atoms with Gasteiger partial charge in [-0.1, -0.05) is 264 Å². The van der Waals surface area contributed by atoms with Crippen LogP contribution in [0.15, 0.2) is 206 Å². The Bertz CT molecular complexity index is 3280. The smallest absolute Gasteiger partial charge is 0.0167 e. The van der Waals surface area contributed by atoms with Gasteiger partial charge in [-0.15, -0.1) is 0 Å². The van der Waals surface area contributed by atoms with E-state index in [1.165, 1.54) is 87.6 Å². The molecule has 2 heteroatoms. The maximum absolute atomic E-state index is 2.64. The van der Waals surface area contributed by atoms with E-state index in [4.69, 9.17) is 0 Å². The summed E-state index contributed by atoms with van der Waals surface area (Å²) in [4.78, 5) is 0. The summed E-state index contributed by atoms with van der Waals surface area (Å²) in [6.07, 6.45) is 2.00. The molecule has 10 aromatic carbocycles. The molecule has 0 amide bonds. The predicted octanol–water partition coefficient (Wildman–Crippen LogP) is 19.6. The summed E-state index contributed by atoms with van der Waals surface area (Å²) in [5.74, 6) is 0. The van der Waals surface area contributed by atoms with Crippen LogP contribution in [0.5, 0.6) is 0 Å². The predicted molar refractivity (Wildman–Crippen MR) is 298 cm³/mol. The van der Waals surface area contributed by atoms with Gasteiger partial charge in [0.25, 0.3) is 0 Å². The zero-order valence-electron chi connectivity index (χ0n) is 40.2. The van der Waals surface area contributed by atoms with Crippen molar-refractivity contribution in [3.05, 3.63) is 240 Å². The van der Waals surface area contributed by atoms with Gasteiger partial charge < -0.3 is 0 Å². The average molecular weight is 915 g/mol. The van der Waals surface area contributed by atoms with Crippen molar-refractivity contribution >= 4 is 58.9 Å². The highest BCUT2D eigenvalue weighted by Crippen LogP contribution is 2.85. The van der Waals surface area contributed by atoms with Gasteiger partial charge in [0.05, 0.1) is 0 Å². The molecule has 0 unspecified atom stereocenters. The van der Waals surface area contributed by atoms with E-state index in [1.54, 1.807) is 11.1 Å². The van der Waals surface area contributed by atoms with Crippen LogP contribution >= 0.6 is 15.8 Å². The Morgan fingerprint density at radius 1 is 0.294 bits per heavy atom. The molecule has 0 spiro atoms. The lowest BCUT2D eigenvalue weighted by Crippen LogP contribution is -2.28. The molecular weight excluding hydrogens is 855 g/mol. The third-order valence-electron chi connectivity index (χ3n) is 15.4. The Morgan fingerprint density at radius 3 is 0.868 bits per heavy atom. The molecule has 0 saturated carbocycles. The summed E-state index contributed by atoms with van der Waals surface area (Å²) in [6, 6.07) is 80.4. The zero-order chi connectivity index (χ0) is 46.3. The fourth-order valence-corrected chi connectivity index (χ4v) is 21.8. The third-order valence-corrected chi connectivity index (χ3v) is 23.3. The summed E-state index contributed by atoms with van der Waals surface area (Å²) in [7, 11) is -1.65. The van der Waals surface area contributed by atoms with Crippen LogP contribution in [0.4, 0.5) is 0 Å². The largest absolute Gasteiger partial charge is 0.0844 e. The Kier molecular flexibility index (Phi) is 10.8. The highest BCUT2D eigenvalue weighted by atomic mass is 31.1. The second kappa shape index (κ2) is 17.0. The summed E-state index contributed by atoms with van der Waals surface area (Å²) < 4.78 is 0. The van der Waals surface area contributed by atoms with Crippen LogP contribution < -0.4 is 0 Å². The van der Waals surface area contributed by atoms with E-state index in [2.05, 4.69) is 248 Å². The standard InChI is InChI=1S/C66H60P2/c1-65(2,3)67-57(41-43-21-9-7-10-22-43)53-37-33-45-25-13-17-29-49(45)59(53)61-51-31-19-15-27-47(51)35-39-55(61)63(67)64-56-40-36-48-28-16-20-32-52(48)62(56)60-50-30-18-14-26-46(50)34-38-54(60)58(68(64)66(4,5)6)42-44-23-11-8-12-24-44/h7-40,57-58,63-64H,41-42H2,1-6H3/t57-,58-,63-,64-,67+,68+/m1/s1. The molecule has 6 atom stereocenters. The lowest BCUT2D eigenvalue weighted by Gasteiger charge is -2.52. The van der Waals surface area contributed by atoms with Crippen LogP contribution in [0.2, 0.25) is 0 Å². The van der Waals surface area contributed by atoms with E-state index in [-0.39, 0.29) is 21.6 Å². The Morgan fingerprint density at radius 2 is 0.559 bits per heavy atom. The molecular formula is C66H60P2. The molecule has 2 aliphatic heterocycles.